The first-order valence-corrected chi connectivity index (χ1v) is 10.2. The molecule has 2 heterocycles. The van der Waals surface area contributed by atoms with Gasteiger partial charge in [0.1, 0.15) is 0 Å². The molecule has 1 amide bonds. The molecule has 2 rings (SSSR count). The van der Waals surface area contributed by atoms with Crippen molar-refractivity contribution >= 4 is 39.1 Å². The topological polar surface area (TPSA) is 56.7 Å². The van der Waals surface area contributed by atoms with Gasteiger partial charge in [-0.1, -0.05) is 0 Å². The van der Waals surface area contributed by atoms with Crippen LogP contribution in [0.15, 0.2) is 20.9 Å². The minimum absolute atomic E-state index is 0.149. The molecule has 1 saturated heterocycles. The first-order chi connectivity index (χ1) is 11.6. The van der Waals surface area contributed by atoms with Crippen LogP contribution in [0, 0.1) is 5.92 Å². The Morgan fingerprint density at radius 1 is 1.42 bits per heavy atom. The lowest BCUT2D eigenvalue weighted by Crippen LogP contribution is -2.46. The highest BCUT2D eigenvalue weighted by Crippen LogP contribution is 2.23. The average Bonchev–Trinajstić information content (AvgIpc) is 3.00. The molecular weight excluding hydrogens is 388 g/mol. The first kappa shape index (κ1) is 19.2. The van der Waals surface area contributed by atoms with Crippen LogP contribution in [-0.4, -0.2) is 50.0 Å². The van der Waals surface area contributed by atoms with E-state index in [0.717, 1.165) is 51.4 Å². The van der Waals surface area contributed by atoms with Crippen LogP contribution in [-0.2, 0) is 11.2 Å². The third kappa shape index (κ3) is 6.09. The molecule has 2 N–H and O–H groups in total. The molecular formula is C17H27BrN4OS. The Bertz CT molecular complexity index is 553. The second kappa shape index (κ2) is 10.0. The molecule has 1 aliphatic heterocycles. The molecule has 1 fully saturated rings. The van der Waals surface area contributed by atoms with Crippen LogP contribution in [0.5, 0.6) is 0 Å². The third-order valence-electron chi connectivity index (χ3n) is 4.25. The first-order valence-electron chi connectivity index (χ1n) is 8.60. The predicted molar refractivity (Wildman–Crippen MR) is 105 cm³/mol. The van der Waals surface area contributed by atoms with E-state index in [1.54, 1.807) is 18.4 Å². The summed E-state index contributed by atoms with van der Waals surface area (Å²) in [5.74, 6) is 1.65. The summed E-state index contributed by atoms with van der Waals surface area (Å²) < 4.78 is 1.17. The van der Waals surface area contributed by atoms with Crippen molar-refractivity contribution in [1.29, 1.82) is 0 Å². The van der Waals surface area contributed by atoms with E-state index >= 15 is 0 Å². The summed E-state index contributed by atoms with van der Waals surface area (Å²) in [6.45, 7) is 5.72. The summed E-state index contributed by atoms with van der Waals surface area (Å²) >= 11 is 5.27. The van der Waals surface area contributed by atoms with E-state index in [9.17, 15) is 4.79 Å². The van der Waals surface area contributed by atoms with Gasteiger partial charge in [-0.05, 0) is 53.7 Å². The molecule has 1 aromatic heterocycles. The number of nitrogens with zero attached hydrogens (tertiary/aromatic N) is 2. The van der Waals surface area contributed by atoms with Crippen molar-refractivity contribution in [2.24, 2.45) is 10.9 Å². The second-order valence-electron chi connectivity index (χ2n) is 6.00. The number of amides is 1. The summed E-state index contributed by atoms with van der Waals surface area (Å²) in [4.78, 5) is 20.0. The van der Waals surface area contributed by atoms with Crippen molar-refractivity contribution in [3.05, 3.63) is 20.8 Å². The van der Waals surface area contributed by atoms with Gasteiger partial charge in [-0.25, -0.2) is 0 Å². The summed E-state index contributed by atoms with van der Waals surface area (Å²) in [6.07, 6.45) is 3.72. The van der Waals surface area contributed by atoms with Crippen molar-refractivity contribution in [3.63, 3.8) is 0 Å². The van der Waals surface area contributed by atoms with Gasteiger partial charge in [-0.2, -0.15) is 0 Å². The highest BCUT2D eigenvalue weighted by Gasteiger charge is 2.22. The molecule has 0 spiro atoms. The van der Waals surface area contributed by atoms with E-state index in [0.29, 0.717) is 12.3 Å². The van der Waals surface area contributed by atoms with Crippen LogP contribution in [0.25, 0.3) is 0 Å². The lowest BCUT2D eigenvalue weighted by molar-refractivity contribution is -0.121. The standard InChI is InChI=1S/C17H27BrN4OS/c1-3-20-17(21-9-6-14-4-5-15(18)24-14)22-10-7-13(8-11-22)12-16(23)19-2/h4-5,13H,3,6-12H2,1-2H3,(H,19,23)(H,20,21). The molecule has 0 radical (unpaired) electrons. The number of rotatable bonds is 6. The second-order valence-corrected chi connectivity index (χ2v) is 8.55. The smallest absolute Gasteiger partial charge is 0.220 e. The molecule has 1 aliphatic rings. The maximum atomic E-state index is 11.5. The molecule has 0 bridgehead atoms. The fourth-order valence-electron chi connectivity index (χ4n) is 2.90. The van der Waals surface area contributed by atoms with Crippen LogP contribution in [0.1, 0.15) is 31.1 Å². The highest BCUT2D eigenvalue weighted by atomic mass is 79.9. The maximum Gasteiger partial charge on any atom is 0.220 e. The number of likely N-dealkylation sites (tertiary alicyclic amines) is 1. The zero-order valence-corrected chi connectivity index (χ0v) is 16.9. The van der Waals surface area contributed by atoms with Gasteiger partial charge in [-0.3, -0.25) is 9.79 Å². The van der Waals surface area contributed by atoms with E-state index in [-0.39, 0.29) is 5.91 Å². The van der Waals surface area contributed by atoms with E-state index in [2.05, 4.69) is 50.5 Å². The van der Waals surface area contributed by atoms with Crippen molar-refractivity contribution in [2.45, 2.75) is 32.6 Å². The normalized spacial score (nSPS) is 16.3. The lowest BCUT2D eigenvalue weighted by atomic mass is 9.93. The number of carbonyl (C=O) groups is 1. The largest absolute Gasteiger partial charge is 0.359 e. The Kier molecular flexibility index (Phi) is 8.05. The Balaban J connectivity index is 1.84. The molecule has 0 aliphatic carbocycles. The molecule has 5 nitrogen and oxygen atoms in total. The molecule has 0 saturated carbocycles. The van der Waals surface area contributed by atoms with Crippen LogP contribution < -0.4 is 10.6 Å². The minimum Gasteiger partial charge on any atom is -0.359 e. The zero-order chi connectivity index (χ0) is 17.4. The van der Waals surface area contributed by atoms with E-state index < -0.39 is 0 Å². The van der Waals surface area contributed by atoms with Gasteiger partial charge in [0, 0.05) is 50.9 Å². The number of aliphatic imine (C=N–C) groups is 1. The number of guanidine groups is 1. The summed E-state index contributed by atoms with van der Waals surface area (Å²) in [5, 5.41) is 6.12. The number of piperidine rings is 1. The van der Waals surface area contributed by atoms with E-state index in [4.69, 9.17) is 4.99 Å². The Hall–Kier alpha value is -1.08. The van der Waals surface area contributed by atoms with Gasteiger partial charge in [0.2, 0.25) is 5.91 Å². The molecule has 1 aromatic rings. The number of hydrogen-bond donors (Lipinski definition) is 2. The SMILES string of the molecule is CCNC(=NCCc1ccc(Br)s1)N1CCC(CC(=O)NC)CC1. The quantitative estimate of drug-likeness (QED) is 0.555. The molecule has 24 heavy (non-hydrogen) atoms. The predicted octanol–water partition coefficient (Wildman–Crippen LogP) is 2.87. The summed E-state index contributed by atoms with van der Waals surface area (Å²) in [6, 6.07) is 4.24. The van der Waals surface area contributed by atoms with Crippen molar-refractivity contribution in [1.82, 2.24) is 15.5 Å². The van der Waals surface area contributed by atoms with Crippen molar-refractivity contribution < 1.29 is 4.79 Å². The Labute approximate surface area is 157 Å². The number of halogens is 1. The van der Waals surface area contributed by atoms with Crippen LogP contribution in [0.4, 0.5) is 0 Å². The van der Waals surface area contributed by atoms with Crippen LogP contribution in [0.3, 0.4) is 0 Å². The van der Waals surface area contributed by atoms with Gasteiger partial charge in [0.15, 0.2) is 5.96 Å². The molecule has 0 atom stereocenters. The third-order valence-corrected chi connectivity index (χ3v) is 5.93. The molecule has 0 unspecified atom stereocenters. The monoisotopic (exact) mass is 414 g/mol. The van der Waals surface area contributed by atoms with Gasteiger partial charge in [-0.15, -0.1) is 11.3 Å². The Morgan fingerprint density at radius 3 is 2.75 bits per heavy atom. The van der Waals surface area contributed by atoms with Crippen LogP contribution in [0.2, 0.25) is 0 Å². The van der Waals surface area contributed by atoms with Gasteiger partial charge < -0.3 is 15.5 Å². The highest BCUT2D eigenvalue weighted by molar-refractivity contribution is 9.11. The molecule has 7 heteroatoms. The van der Waals surface area contributed by atoms with Gasteiger partial charge >= 0.3 is 0 Å². The lowest BCUT2D eigenvalue weighted by Gasteiger charge is -2.34. The number of thiophene rings is 1. The fourth-order valence-corrected chi connectivity index (χ4v) is 4.37. The number of carbonyl (C=O) groups excluding carboxylic acids is 1. The number of hydrogen-bond acceptors (Lipinski definition) is 3. The van der Waals surface area contributed by atoms with Gasteiger partial charge in [0.25, 0.3) is 0 Å². The number of nitrogens with one attached hydrogen (secondary N) is 2. The minimum atomic E-state index is 0.149. The van der Waals surface area contributed by atoms with Crippen molar-refractivity contribution in [2.75, 3.05) is 33.2 Å². The zero-order valence-electron chi connectivity index (χ0n) is 14.5. The van der Waals surface area contributed by atoms with Crippen LogP contribution >= 0.6 is 27.3 Å². The Morgan fingerprint density at radius 2 is 2.17 bits per heavy atom. The molecule has 134 valence electrons. The maximum absolute atomic E-state index is 11.5. The molecule has 0 aromatic carbocycles. The van der Waals surface area contributed by atoms with E-state index in [1.807, 2.05) is 0 Å². The van der Waals surface area contributed by atoms with E-state index in [1.165, 1.54) is 8.66 Å². The summed E-state index contributed by atoms with van der Waals surface area (Å²) in [5.41, 5.74) is 0. The average molecular weight is 415 g/mol. The van der Waals surface area contributed by atoms with Crippen molar-refractivity contribution in [3.8, 4) is 0 Å². The summed E-state index contributed by atoms with van der Waals surface area (Å²) in [7, 11) is 1.71. The fraction of sp³-hybridized carbons (Fsp3) is 0.647. The van der Waals surface area contributed by atoms with Gasteiger partial charge in [0.05, 0.1) is 3.79 Å².